The van der Waals surface area contributed by atoms with Crippen molar-refractivity contribution in [2.45, 2.75) is 58.0 Å². The largest absolute Gasteiger partial charge is 0.506 e. The summed E-state index contributed by atoms with van der Waals surface area (Å²) < 4.78 is 0. The third-order valence-corrected chi connectivity index (χ3v) is 6.25. The van der Waals surface area contributed by atoms with Crippen LogP contribution in [0.2, 0.25) is 0 Å². The number of piperazine rings is 1. The molecule has 0 spiro atoms. The number of nitrogens with one attached hydrogen (secondary N) is 1. The Balaban J connectivity index is 1.57. The van der Waals surface area contributed by atoms with E-state index in [4.69, 9.17) is 0 Å². The predicted molar refractivity (Wildman–Crippen MR) is 105 cm³/mol. The van der Waals surface area contributed by atoms with Gasteiger partial charge in [0.25, 0.3) is 5.91 Å². The second-order valence-corrected chi connectivity index (χ2v) is 7.77. The van der Waals surface area contributed by atoms with Gasteiger partial charge in [0.15, 0.2) is 6.04 Å². The summed E-state index contributed by atoms with van der Waals surface area (Å²) in [5.41, 5.74) is 0.905. The van der Waals surface area contributed by atoms with Gasteiger partial charge in [-0.3, -0.25) is 4.79 Å². The van der Waals surface area contributed by atoms with Crippen LogP contribution < -0.4 is 9.80 Å². The fraction of sp³-hybridized carbons (Fsp3) is 0.667. The maximum atomic E-state index is 13.1. The Morgan fingerprint density at radius 2 is 1.88 bits per heavy atom. The summed E-state index contributed by atoms with van der Waals surface area (Å²) in [7, 11) is 0. The highest BCUT2D eigenvalue weighted by Crippen LogP contribution is 2.26. The normalized spacial score (nSPS) is 20.8. The van der Waals surface area contributed by atoms with Crippen LogP contribution >= 0.6 is 0 Å². The Bertz CT molecular complexity index is 593. The summed E-state index contributed by atoms with van der Waals surface area (Å²) in [6.45, 7) is 8.65. The predicted octanol–water partition coefficient (Wildman–Crippen LogP) is 1.67. The summed E-state index contributed by atoms with van der Waals surface area (Å²) in [4.78, 5) is 18.9. The molecule has 1 aliphatic heterocycles. The summed E-state index contributed by atoms with van der Waals surface area (Å²) in [5, 5.41) is 10.1. The lowest BCUT2D eigenvalue weighted by molar-refractivity contribution is -0.915. The van der Waals surface area contributed by atoms with Gasteiger partial charge in [-0.25, -0.2) is 0 Å². The van der Waals surface area contributed by atoms with E-state index < -0.39 is 0 Å². The minimum absolute atomic E-state index is 0.0170. The maximum Gasteiger partial charge on any atom is 0.280 e. The SMILES string of the molecule is CCN(C(=O)[C@H](C)[NH+]1CCN(c2ccccc2O)CC1)C1CCCCC1. The number of para-hydroxylation sites is 2. The van der Waals surface area contributed by atoms with E-state index in [2.05, 4.69) is 23.6 Å². The van der Waals surface area contributed by atoms with E-state index in [1.807, 2.05) is 18.2 Å². The molecule has 2 N–H and O–H groups in total. The molecule has 1 saturated heterocycles. The van der Waals surface area contributed by atoms with E-state index in [1.54, 1.807) is 6.07 Å². The quantitative estimate of drug-likeness (QED) is 0.840. The van der Waals surface area contributed by atoms with Crippen molar-refractivity contribution in [1.29, 1.82) is 0 Å². The van der Waals surface area contributed by atoms with E-state index in [0.29, 0.717) is 17.7 Å². The van der Waals surface area contributed by atoms with Crippen molar-refractivity contribution in [2.75, 3.05) is 37.6 Å². The third-order valence-electron chi connectivity index (χ3n) is 6.25. The van der Waals surface area contributed by atoms with E-state index in [1.165, 1.54) is 37.0 Å². The van der Waals surface area contributed by atoms with Crippen molar-refractivity contribution in [3.63, 3.8) is 0 Å². The average molecular weight is 361 g/mol. The van der Waals surface area contributed by atoms with Crippen LogP contribution in [0.25, 0.3) is 0 Å². The van der Waals surface area contributed by atoms with Crippen molar-refractivity contribution in [3.05, 3.63) is 24.3 Å². The van der Waals surface area contributed by atoms with Crippen LogP contribution in [-0.2, 0) is 4.79 Å². The smallest absolute Gasteiger partial charge is 0.280 e. The number of phenolic OH excluding ortho intramolecular Hbond substituents is 1. The van der Waals surface area contributed by atoms with Gasteiger partial charge in [0.2, 0.25) is 0 Å². The molecule has 2 aliphatic rings. The van der Waals surface area contributed by atoms with Crippen molar-refractivity contribution < 1.29 is 14.8 Å². The number of rotatable bonds is 5. The number of quaternary nitrogens is 1. The molecular formula is C21H34N3O2+. The minimum Gasteiger partial charge on any atom is -0.506 e. The number of aromatic hydroxyl groups is 1. The Morgan fingerprint density at radius 1 is 1.23 bits per heavy atom. The monoisotopic (exact) mass is 360 g/mol. The molecule has 0 bridgehead atoms. The Morgan fingerprint density at radius 3 is 2.50 bits per heavy atom. The van der Waals surface area contributed by atoms with E-state index >= 15 is 0 Å². The fourth-order valence-corrected chi connectivity index (χ4v) is 4.61. The zero-order valence-electron chi connectivity index (χ0n) is 16.3. The molecule has 5 heteroatoms. The highest BCUT2D eigenvalue weighted by Gasteiger charge is 2.34. The molecule has 26 heavy (non-hydrogen) atoms. The topological polar surface area (TPSA) is 48.2 Å². The molecule has 2 fully saturated rings. The summed E-state index contributed by atoms with van der Waals surface area (Å²) in [6.07, 6.45) is 6.17. The Kier molecular flexibility index (Phi) is 6.41. The number of hydrogen-bond acceptors (Lipinski definition) is 3. The lowest BCUT2D eigenvalue weighted by atomic mass is 9.93. The van der Waals surface area contributed by atoms with Gasteiger partial charge in [0, 0.05) is 12.6 Å². The van der Waals surface area contributed by atoms with Gasteiger partial charge < -0.3 is 19.8 Å². The highest BCUT2D eigenvalue weighted by atomic mass is 16.3. The molecular weight excluding hydrogens is 326 g/mol. The van der Waals surface area contributed by atoms with E-state index in [9.17, 15) is 9.90 Å². The summed E-state index contributed by atoms with van der Waals surface area (Å²) >= 11 is 0. The Labute approximate surface area is 157 Å². The average Bonchev–Trinajstić information content (AvgIpc) is 2.69. The second kappa shape index (κ2) is 8.76. The molecule has 1 heterocycles. The van der Waals surface area contributed by atoms with Crippen LogP contribution in [-0.4, -0.2) is 60.7 Å². The van der Waals surface area contributed by atoms with Crippen molar-refractivity contribution in [1.82, 2.24) is 4.90 Å². The van der Waals surface area contributed by atoms with Gasteiger partial charge in [-0.05, 0) is 38.8 Å². The summed E-state index contributed by atoms with van der Waals surface area (Å²) in [5.74, 6) is 0.667. The first-order chi connectivity index (χ1) is 12.6. The van der Waals surface area contributed by atoms with Gasteiger partial charge >= 0.3 is 0 Å². The standard InChI is InChI=1S/C21H33N3O2/c1-3-24(18-9-5-4-6-10-18)21(26)17(2)22-13-15-23(16-14-22)19-11-7-8-12-20(19)25/h7-8,11-12,17-18,25H,3-6,9-10,13-16H2,1-2H3/p+1/t17-/m0/s1. The minimum atomic E-state index is 0.0170. The van der Waals surface area contributed by atoms with Crippen molar-refractivity contribution in [2.24, 2.45) is 0 Å². The molecule has 0 radical (unpaired) electrons. The number of hydrogen-bond donors (Lipinski definition) is 2. The van der Waals surface area contributed by atoms with Gasteiger partial charge in [-0.1, -0.05) is 31.4 Å². The molecule has 5 nitrogen and oxygen atoms in total. The van der Waals surface area contributed by atoms with Crippen LogP contribution in [0.4, 0.5) is 5.69 Å². The summed E-state index contributed by atoms with van der Waals surface area (Å²) in [6, 6.07) is 7.99. The van der Waals surface area contributed by atoms with Gasteiger partial charge in [-0.15, -0.1) is 0 Å². The molecule has 3 rings (SSSR count). The van der Waals surface area contributed by atoms with Gasteiger partial charge in [0.1, 0.15) is 5.75 Å². The molecule has 0 aromatic heterocycles. The molecule has 1 aliphatic carbocycles. The second-order valence-electron chi connectivity index (χ2n) is 7.77. The lowest BCUT2D eigenvalue weighted by Crippen LogP contribution is -3.19. The molecule has 0 unspecified atom stereocenters. The van der Waals surface area contributed by atoms with Gasteiger partial charge in [-0.2, -0.15) is 0 Å². The first-order valence-corrected chi connectivity index (χ1v) is 10.3. The number of phenols is 1. The lowest BCUT2D eigenvalue weighted by Gasteiger charge is -2.39. The van der Waals surface area contributed by atoms with Crippen molar-refractivity contribution in [3.8, 4) is 5.75 Å². The van der Waals surface area contributed by atoms with Crippen LogP contribution in [0.5, 0.6) is 5.75 Å². The molecule has 1 amide bonds. The van der Waals surface area contributed by atoms with Crippen LogP contribution in [0, 0.1) is 0 Å². The first kappa shape index (κ1) is 19.0. The number of anilines is 1. The Hall–Kier alpha value is -1.75. The molecule has 1 aromatic carbocycles. The van der Waals surface area contributed by atoms with E-state index in [0.717, 1.165) is 38.4 Å². The van der Waals surface area contributed by atoms with Crippen LogP contribution in [0.3, 0.4) is 0 Å². The van der Waals surface area contributed by atoms with E-state index in [-0.39, 0.29) is 6.04 Å². The van der Waals surface area contributed by atoms with Crippen LogP contribution in [0.1, 0.15) is 46.0 Å². The molecule has 1 saturated carbocycles. The number of carbonyl (C=O) groups is 1. The third kappa shape index (κ3) is 4.14. The fourth-order valence-electron chi connectivity index (χ4n) is 4.61. The zero-order chi connectivity index (χ0) is 18.5. The van der Waals surface area contributed by atoms with Gasteiger partial charge in [0.05, 0.1) is 31.9 Å². The number of benzene rings is 1. The molecule has 1 aromatic rings. The molecule has 144 valence electrons. The number of likely N-dealkylation sites (N-methyl/N-ethyl adjacent to an activating group) is 1. The highest BCUT2D eigenvalue weighted by molar-refractivity contribution is 5.80. The number of amides is 1. The zero-order valence-corrected chi connectivity index (χ0v) is 16.3. The van der Waals surface area contributed by atoms with Crippen molar-refractivity contribution >= 4 is 11.6 Å². The van der Waals surface area contributed by atoms with Crippen LogP contribution in [0.15, 0.2) is 24.3 Å². The first-order valence-electron chi connectivity index (χ1n) is 10.3. The number of nitrogens with zero attached hydrogens (tertiary/aromatic N) is 2. The molecule has 1 atom stereocenters. The number of carbonyl (C=O) groups excluding carboxylic acids is 1. The maximum absolute atomic E-state index is 13.1.